The van der Waals surface area contributed by atoms with Crippen LogP contribution in [0.5, 0.6) is 0 Å². The van der Waals surface area contributed by atoms with Crippen LogP contribution >= 0.6 is 0 Å². The van der Waals surface area contributed by atoms with Gasteiger partial charge in [-0.3, -0.25) is 23.8 Å². The molecule has 2 aliphatic rings. The number of sulfonamides is 1. The zero-order valence-corrected chi connectivity index (χ0v) is 18.9. The quantitative estimate of drug-likeness (QED) is 0.634. The first kappa shape index (κ1) is 21.3. The van der Waals surface area contributed by atoms with Crippen molar-refractivity contribution < 1.29 is 13.2 Å². The van der Waals surface area contributed by atoms with Gasteiger partial charge in [-0.15, -0.1) is 0 Å². The second kappa shape index (κ2) is 8.11. The van der Waals surface area contributed by atoms with Gasteiger partial charge in [0.05, 0.1) is 17.5 Å². The number of fused-ring (bicyclic) bond motifs is 2. The van der Waals surface area contributed by atoms with Crippen LogP contribution < -0.4 is 14.8 Å². The minimum atomic E-state index is -3.38. The molecular formula is C23H23N5O4S. The van der Waals surface area contributed by atoms with Gasteiger partial charge in [-0.05, 0) is 61.6 Å². The van der Waals surface area contributed by atoms with Gasteiger partial charge >= 0.3 is 0 Å². The average Bonchev–Trinajstić information content (AvgIpc) is 2.82. The minimum absolute atomic E-state index is 0.264. The number of aryl methyl sites for hydroxylation is 1. The summed E-state index contributed by atoms with van der Waals surface area (Å²) in [6.45, 7) is 0.873. The third-order valence-electron chi connectivity index (χ3n) is 6.01. The molecule has 4 heterocycles. The number of anilines is 2. The molecule has 0 saturated heterocycles. The van der Waals surface area contributed by atoms with E-state index < -0.39 is 10.0 Å². The Morgan fingerprint density at radius 1 is 1.09 bits per heavy atom. The summed E-state index contributed by atoms with van der Waals surface area (Å²) in [5, 5.41) is 0. The van der Waals surface area contributed by atoms with Gasteiger partial charge in [0, 0.05) is 24.8 Å². The second-order valence-corrected chi connectivity index (χ2v) is 10.2. The molecule has 0 bridgehead atoms. The fourth-order valence-electron chi connectivity index (χ4n) is 4.47. The molecule has 10 heteroatoms. The number of aromatic amines is 1. The van der Waals surface area contributed by atoms with Gasteiger partial charge in [-0.1, -0.05) is 6.07 Å². The Morgan fingerprint density at radius 2 is 1.91 bits per heavy atom. The van der Waals surface area contributed by atoms with Crippen LogP contribution in [0.25, 0.3) is 11.5 Å². The van der Waals surface area contributed by atoms with E-state index in [-0.39, 0.29) is 11.5 Å². The SMILES string of the molecule is CS(=O)(=O)N1CCCc2cc(C(=O)N3CCCc4c3nc(-c3ccccn3)[nH]c4=O)ccc21. The summed E-state index contributed by atoms with van der Waals surface area (Å²) in [6, 6.07) is 10.4. The molecule has 0 atom stereocenters. The maximum Gasteiger partial charge on any atom is 0.259 e. The number of carbonyl (C=O) groups excluding carboxylic acids is 1. The van der Waals surface area contributed by atoms with Crippen molar-refractivity contribution in [2.24, 2.45) is 0 Å². The van der Waals surface area contributed by atoms with Gasteiger partial charge in [0.1, 0.15) is 11.5 Å². The molecular weight excluding hydrogens is 442 g/mol. The van der Waals surface area contributed by atoms with Crippen LogP contribution in [0.3, 0.4) is 0 Å². The summed E-state index contributed by atoms with van der Waals surface area (Å²) in [7, 11) is -3.38. The van der Waals surface area contributed by atoms with Gasteiger partial charge < -0.3 is 4.98 Å². The highest BCUT2D eigenvalue weighted by Gasteiger charge is 2.30. The average molecular weight is 466 g/mol. The fraction of sp³-hybridized carbons (Fsp3) is 0.304. The van der Waals surface area contributed by atoms with E-state index >= 15 is 0 Å². The van der Waals surface area contributed by atoms with E-state index in [1.165, 1.54) is 10.6 Å². The van der Waals surface area contributed by atoms with Crippen LogP contribution in [0.15, 0.2) is 47.4 Å². The molecule has 1 N–H and O–H groups in total. The highest BCUT2D eigenvalue weighted by atomic mass is 32.2. The third kappa shape index (κ3) is 3.91. The first-order chi connectivity index (χ1) is 15.8. The van der Waals surface area contributed by atoms with E-state index in [9.17, 15) is 18.0 Å². The van der Waals surface area contributed by atoms with Crippen LogP contribution in [0.1, 0.15) is 34.3 Å². The Morgan fingerprint density at radius 3 is 2.67 bits per heavy atom. The van der Waals surface area contributed by atoms with Gasteiger partial charge in [0.15, 0.2) is 5.82 Å². The standard InChI is InChI=1S/C23H23N5O4S/c1-33(31,32)28-13-4-6-15-14-16(9-10-19(15)28)23(30)27-12-5-7-17-21(27)25-20(26-22(17)29)18-8-2-3-11-24-18/h2-3,8-11,14H,4-7,12-13H2,1H3,(H,25,26,29). The summed E-state index contributed by atoms with van der Waals surface area (Å²) >= 11 is 0. The third-order valence-corrected chi connectivity index (χ3v) is 7.19. The van der Waals surface area contributed by atoms with E-state index in [1.54, 1.807) is 47.5 Å². The first-order valence-corrected chi connectivity index (χ1v) is 12.6. The van der Waals surface area contributed by atoms with Crippen molar-refractivity contribution in [3.8, 4) is 11.5 Å². The zero-order chi connectivity index (χ0) is 23.2. The van der Waals surface area contributed by atoms with Crippen LogP contribution in [-0.4, -0.2) is 48.6 Å². The highest BCUT2D eigenvalue weighted by Crippen LogP contribution is 2.31. The number of benzene rings is 1. The fourth-order valence-corrected chi connectivity index (χ4v) is 5.47. The number of amides is 1. The molecule has 0 aliphatic carbocycles. The summed E-state index contributed by atoms with van der Waals surface area (Å²) < 4.78 is 25.7. The Labute approximate surface area is 191 Å². The van der Waals surface area contributed by atoms with Crippen LogP contribution in [0, 0.1) is 0 Å². The minimum Gasteiger partial charge on any atom is -0.305 e. The van der Waals surface area contributed by atoms with E-state index in [4.69, 9.17) is 0 Å². The van der Waals surface area contributed by atoms with E-state index in [1.807, 2.05) is 0 Å². The number of carbonyl (C=O) groups is 1. The topological polar surface area (TPSA) is 116 Å². The molecule has 33 heavy (non-hydrogen) atoms. The second-order valence-electron chi connectivity index (χ2n) is 8.27. The van der Waals surface area contributed by atoms with Crippen molar-refractivity contribution >= 4 is 27.4 Å². The lowest BCUT2D eigenvalue weighted by Gasteiger charge is -2.31. The number of nitrogens with zero attached hydrogens (tertiary/aromatic N) is 4. The van der Waals surface area contributed by atoms with E-state index in [0.717, 1.165) is 5.56 Å². The molecule has 0 radical (unpaired) electrons. The van der Waals surface area contributed by atoms with Crippen molar-refractivity contribution in [1.29, 1.82) is 0 Å². The van der Waals surface area contributed by atoms with Crippen LogP contribution in [-0.2, 0) is 22.9 Å². The molecule has 2 aliphatic heterocycles. The molecule has 0 unspecified atom stereocenters. The first-order valence-electron chi connectivity index (χ1n) is 10.8. The van der Waals surface area contributed by atoms with Gasteiger partial charge in [-0.2, -0.15) is 0 Å². The number of rotatable bonds is 3. The van der Waals surface area contributed by atoms with Crippen molar-refractivity contribution in [2.75, 3.05) is 28.6 Å². The van der Waals surface area contributed by atoms with Crippen molar-refractivity contribution in [3.05, 3.63) is 69.6 Å². The molecule has 0 spiro atoms. The monoisotopic (exact) mass is 465 g/mol. The molecule has 3 aromatic rings. The summed E-state index contributed by atoms with van der Waals surface area (Å²) in [5.74, 6) is 0.403. The molecule has 0 saturated carbocycles. The smallest absolute Gasteiger partial charge is 0.259 e. The largest absolute Gasteiger partial charge is 0.305 e. The summed E-state index contributed by atoms with van der Waals surface area (Å²) in [5.41, 5.74) is 2.61. The molecule has 0 fully saturated rings. The van der Waals surface area contributed by atoms with Crippen LogP contribution in [0.2, 0.25) is 0 Å². The van der Waals surface area contributed by atoms with Gasteiger partial charge in [0.2, 0.25) is 10.0 Å². The number of pyridine rings is 1. The molecule has 2 aromatic heterocycles. The maximum absolute atomic E-state index is 13.5. The highest BCUT2D eigenvalue weighted by molar-refractivity contribution is 7.92. The zero-order valence-electron chi connectivity index (χ0n) is 18.1. The number of H-pyrrole nitrogens is 1. The molecule has 5 rings (SSSR count). The predicted molar refractivity (Wildman–Crippen MR) is 125 cm³/mol. The molecule has 170 valence electrons. The van der Waals surface area contributed by atoms with Gasteiger partial charge in [0.25, 0.3) is 11.5 Å². The lowest BCUT2D eigenvalue weighted by Crippen LogP contribution is -2.39. The number of hydrogen-bond donors (Lipinski definition) is 1. The Hall–Kier alpha value is -3.53. The Balaban J connectivity index is 1.54. The molecule has 1 amide bonds. The number of nitrogens with one attached hydrogen (secondary N) is 1. The van der Waals surface area contributed by atoms with Crippen molar-refractivity contribution in [3.63, 3.8) is 0 Å². The molecule has 9 nitrogen and oxygen atoms in total. The van der Waals surface area contributed by atoms with E-state index in [2.05, 4.69) is 15.0 Å². The van der Waals surface area contributed by atoms with Crippen molar-refractivity contribution in [2.45, 2.75) is 25.7 Å². The van der Waals surface area contributed by atoms with Crippen molar-refractivity contribution in [1.82, 2.24) is 15.0 Å². The normalized spacial score (nSPS) is 15.7. The number of aromatic nitrogens is 3. The Bertz CT molecular complexity index is 1400. The summed E-state index contributed by atoms with van der Waals surface area (Å²) in [6.07, 6.45) is 5.38. The summed E-state index contributed by atoms with van der Waals surface area (Å²) in [4.78, 5) is 39.5. The predicted octanol–water partition coefficient (Wildman–Crippen LogP) is 2.14. The van der Waals surface area contributed by atoms with E-state index in [0.29, 0.717) is 72.9 Å². The lowest BCUT2D eigenvalue weighted by molar-refractivity contribution is 0.0984. The van der Waals surface area contributed by atoms with Crippen LogP contribution in [0.4, 0.5) is 11.5 Å². The van der Waals surface area contributed by atoms with Gasteiger partial charge in [-0.25, -0.2) is 13.4 Å². The number of hydrogen-bond acceptors (Lipinski definition) is 6. The lowest BCUT2D eigenvalue weighted by atomic mass is 9.99. The molecule has 1 aromatic carbocycles. The Kier molecular flexibility index (Phi) is 5.24. The maximum atomic E-state index is 13.5.